The number of aryl methyl sites for hydroxylation is 2. The number of benzene rings is 1. The Hall–Kier alpha value is -2.28. The second-order valence-corrected chi connectivity index (χ2v) is 6.63. The zero-order valence-corrected chi connectivity index (χ0v) is 14.3. The number of thioether (sulfide) groups is 1. The highest BCUT2D eigenvalue weighted by Crippen LogP contribution is 2.27. The molecule has 2 heterocycles. The summed E-state index contributed by atoms with van der Waals surface area (Å²) < 4.78 is 4.89. The molecule has 24 heavy (non-hydrogen) atoms. The van der Waals surface area contributed by atoms with E-state index in [-0.39, 0.29) is 23.3 Å². The van der Waals surface area contributed by atoms with Crippen molar-refractivity contribution >= 4 is 35.1 Å². The third-order valence-electron chi connectivity index (χ3n) is 3.77. The summed E-state index contributed by atoms with van der Waals surface area (Å²) in [5, 5.41) is 6.35. The highest BCUT2D eigenvalue weighted by atomic mass is 32.2. The maximum Gasteiger partial charge on any atom is 0.236 e. The van der Waals surface area contributed by atoms with E-state index in [9.17, 15) is 9.59 Å². The minimum absolute atomic E-state index is 0.0391. The van der Waals surface area contributed by atoms with Crippen molar-refractivity contribution in [3.05, 3.63) is 41.7 Å². The number of hydrogen-bond acceptors (Lipinski definition) is 5. The predicted molar refractivity (Wildman–Crippen MR) is 94.3 cm³/mol. The molecule has 0 fully saturated rings. The van der Waals surface area contributed by atoms with Gasteiger partial charge in [0.25, 0.3) is 0 Å². The largest absolute Gasteiger partial charge is 0.360 e. The van der Waals surface area contributed by atoms with Gasteiger partial charge in [0.2, 0.25) is 11.8 Å². The second kappa shape index (κ2) is 7.53. The van der Waals surface area contributed by atoms with Gasteiger partial charge in [-0.3, -0.25) is 9.59 Å². The first-order valence-electron chi connectivity index (χ1n) is 7.82. The molecule has 0 saturated heterocycles. The SMILES string of the molecule is Cc1cc(NC(=O)CSCC(=O)N2CCCc3ccccc32)no1. The fourth-order valence-electron chi connectivity index (χ4n) is 2.71. The second-order valence-electron chi connectivity index (χ2n) is 5.64. The first kappa shape index (κ1) is 16.6. The molecule has 2 amide bonds. The normalized spacial score (nSPS) is 13.5. The Kier molecular flexibility index (Phi) is 5.20. The molecule has 0 atom stereocenters. The monoisotopic (exact) mass is 345 g/mol. The quantitative estimate of drug-likeness (QED) is 0.901. The van der Waals surface area contributed by atoms with Gasteiger partial charge in [-0.05, 0) is 31.4 Å². The number of aromatic nitrogens is 1. The summed E-state index contributed by atoms with van der Waals surface area (Å²) >= 11 is 1.30. The van der Waals surface area contributed by atoms with Crippen LogP contribution in [0.25, 0.3) is 0 Å². The predicted octanol–water partition coefficient (Wildman–Crippen LogP) is 2.63. The minimum atomic E-state index is -0.194. The molecule has 1 aromatic heterocycles. The van der Waals surface area contributed by atoms with Gasteiger partial charge in [-0.2, -0.15) is 0 Å². The molecule has 1 aromatic carbocycles. The van der Waals surface area contributed by atoms with Gasteiger partial charge in [-0.1, -0.05) is 23.4 Å². The number of anilines is 2. The van der Waals surface area contributed by atoms with E-state index < -0.39 is 0 Å². The van der Waals surface area contributed by atoms with E-state index in [1.807, 2.05) is 23.1 Å². The maximum atomic E-state index is 12.5. The van der Waals surface area contributed by atoms with Gasteiger partial charge < -0.3 is 14.7 Å². The molecule has 7 heteroatoms. The van der Waals surface area contributed by atoms with Crippen LogP contribution in [0.2, 0.25) is 0 Å². The Balaban J connectivity index is 1.49. The summed E-state index contributed by atoms with van der Waals surface area (Å²) in [7, 11) is 0. The van der Waals surface area contributed by atoms with Crippen LogP contribution in [0.15, 0.2) is 34.9 Å². The lowest BCUT2D eigenvalue weighted by Crippen LogP contribution is -2.36. The topological polar surface area (TPSA) is 75.4 Å². The average Bonchev–Trinajstić information content (AvgIpc) is 2.99. The molecule has 1 aliphatic heterocycles. The molecule has 126 valence electrons. The standard InChI is InChI=1S/C17H19N3O3S/c1-12-9-15(19-23-12)18-16(21)10-24-11-17(22)20-8-4-6-13-5-2-3-7-14(13)20/h2-3,5,7,9H,4,6,8,10-11H2,1H3,(H,18,19,21). The molecular weight excluding hydrogens is 326 g/mol. The number of fused-ring (bicyclic) bond motifs is 1. The molecular formula is C17H19N3O3S. The molecule has 2 aromatic rings. The van der Waals surface area contributed by atoms with Gasteiger partial charge in [0, 0.05) is 18.3 Å². The molecule has 0 saturated carbocycles. The van der Waals surface area contributed by atoms with Crippen molar-refractivity contribution in [2.45, 2.75) is 19.8 Å². The molecule has 0 radical (unpaired) electrons. The fraction of sp³-hybridized carbons (Fsp3) is 0.353. The van der Waals surface area contributed by atoms with E-state index >= 15 is 0 Å². The molecule has 1 N–H and O–H groups in total. The Morgan fingerprint density at radius 3 is 2.96 bits per heavy atom. The van der Waals surface area contributed by atoms with Gasteiger partial charge in [0.1, 0.15) is 5.76 Å². The minimum Gasteiger partial charge on any atom is -0.360 e. The van der Waals surface area contributed by atoms with Crippen LogP contribution in [0, 0.1) is 6.92 Å². The van der Waals surface area contributed by atoms with Crippen LogP contribution in [0.3, 0.4) is 0 Å². The van der Waals surface area contributed by atoms with E-state index in [2.05, 4.69) is 16.5 Å². The Morgan fingerprint density at radius 1 is 1.33 bits per heavy atom. The average molecular weight is 345 g/mol. The first-order valence-corrected chi connectivity index (χ1v) is 8.98. The van der Waals surface area contributed by atoms with Crippen LogP contribution in [-0.2, 0) is 16.0 Å². The van der Waals surface area contributed by atoms with E-state index in [0.717, 1.165) is 25.1 Å². The molecule has 0 unspecified atom stereocenters. The first-order chi connectivity index (χ1) is 11.6. The number of hydrogen-bond donors (Lipinski definition) is 1. The summed E-state index contributed by atoms with van der Waals surface area (Å²) in [5.41, 5.74) is 2.21. The van der Waals surface area contributed by atoms with Gasteiger partial charge in [-0.15, -0.1) is 11.8 Å². The van der Waals surface area contributed by atoms with Gasteiger partial charge >= 0.3 is 0 Å². The van der Waals surface area contributed by atoms with Gasteiger partial charge in [-0.25, -0.2) is 0 Å². The molecule has 6 nitrogen and oxygen atoms in total. The van der Waals surface area contributed by atoms with Crippen molar-refractivity contribution in [3.8, 4) is 0 Å². The third-order valence-corrected chi connectivity index (χ3v) is 4.68. The fourth-order valence-corrected chi connectivity index (χ4v) is 3.40. The Labute approximate surface area is 144 Å². The van der Waals surface area contributed by atoms with Crippen molar-refractivity contribution in [1.82, 2.24) is 5.16 Å². The van der Waals surface area contributed by atoms with Gasteiger partial charge in [0.15, 0.2) is 5.82 Å². The lowest BCUT2D eigenvalue weighted by atomic mass is 10.0. The number of rotatable bonds is 5. The van der Waals surface area contributed by atoms with E-state index in [4.69, 9.17) is 4.52 Å². The number of amides is 2. The van der Waals surface area contributed by atoms with Crippen LogP contribution in [0.5, 0.6) is 0 Å². The van der Waals surface area contributed by atoms with E-state index in [0.29, 0.717) is 11.6 Å². The molecule has 1 aliphatic rings. The van der Waals surface area contributed by atoms with Crippen molar-refractivity contribution in [2.24, 2.45) is 0 Å². The van der Waals surface area contributed by atoms with Crippen LogP contribution < -0.4 is 10.2 Å². The molecule has 3 rings (SSSR count). The summed E-state index contributed by atoms with van der Waals surface area (Å²) in [5.74, 6) is 1.36. The number of nitrogens with zero attached hydrogens (tertiary/aromatic N) is 2. The highest BCUT2D eigenvalue weighted by molar-refractivity contribution is 8.00. The van der Waals surface area contributed by atoms with Crippen LogP contribution >= 0.6 is 11.8 Å². The lowest BCUT2D eigenvalue weighted by molar-refractivity contribution is -0.116. The number of nitrogens with one attached hydrogen (secondary N) is 1. The number of carbonyl (C=O) groups is 2. The highest BCUT2D eigenvalue weighted by Gasteiger charge is 2.22. The van der Waals surface area contributed by atoms with Crippen molar-refractivity contribution in [1.29, 1.82) is 0 Å². The van der Waals surface area contributed by atoms with Crippen LogP contribution in [0.4, 0.5) is 11.5 Å². The van der Waals surface area contributed by atoms with E-state index in [1.165, 1.54) is 17.3 Å². The summed E-state index contributed by atoms with van der Waals surface area (Å²) in [4.78, 5) is 26.1. The summed E-state index contributed by atoms with van der Waals surface area (Å²) in [6.07, 6.45) is 1.98. The van der Waals surface area contributed by atoms with Crippen LogP contribution in [0.1, 0.15) is 17.7 Å². The van der Waals surface area contributed by atoms with Crippen LogP contribution in [-0.4, -0.2) is 35.0 Å². The number of carbonyl (C=O) groups excluding carboxylic acids is 2. The third kappa shape index (κ3) is 3.97. The Morgan fingerprint density at radius 2 is 2.17 bits per heavy atom. The number of para-hydroxylation sites is 1. The summed E-state index contributed by atoms with van der Waals surface area (Å²) in [6.45, 7) is 2.49. The maximum absolute atomic E-state index is 12.5. The Bertz CT molecular complexity index is 744. The van der Waals surface area contributed by atoms with Gasteiger partial charge in [0.05, 0.1) is 11.5 Å². The van der Waals surface area contributed by atoms with Crippen molar-refractivity contribution in [2.75, 3.05) is 28.3 Å². The molecule has 0 aliphatic carbocycles. The zero-order valence-electron chi connectivity index (χ0n) is 13.4. The molecule has 0 bridgehead atoms. The smallest absolute Gasteiger partial charge is 0.236 e. The van der Waals surface area contributed by atoms with Crippen molar-refractivity contribution in [3.63, 3.8) is 0 Å². The zero-order chi connectivity index (χ0) is 16.9. The summed E-state index contributed by atoms with van der Waals surface area (Å²) in [6, 6.07) is 9.65. The molecule has 0 spiro atoms. The van der Waals surface area contributed by atoms with Crippen molar-refractivity contribution < 1.29 is 14.1 Å². The lowest BCUT2D eigenvalue weighted by Gasteiger charge is -2.29. The van der Waals surface area contributed by atoms with E-state index in [1.54, 1.807) is 13.0 Å².